The Morgan fingerprint density at radius 1 is 1.43 bits per heavy atom. The van der Waals surface area contributed by atoms with Gasteiger partial charge in [0.1, 0.15) is 5.76 Å². The molecule has 0 bridgehead atoms. The van der Waals surface area contributed by atoms with E-state index in [1.807, 2.05) is 13.8 Å². The lowest BCUT2D eigenvalue weighted by molar-refractivity contribution is 0.389. The molecule has 1 unspecified atom stereocenters. The predicted octanol–water partition coefficient (Wildman–Crippen LogP) is 1.14. The van der Waals surface area contributed by atoms with Crippen LogP contribution >= 0.6 is 0 Å². The number of anilines is 1. The second kappa shape index (κ2) is 6.54. The fourth-order valence-electron chi connectivity index (χ4n) is 3.04. The molecule has 3 rings (SSSR count). The summed E-state index contributed by atoms with van der Waals surface area (Å²) < 4.78 is 6.77. The summed E-state index contributed by atoms with van der Waals surface area (Å²) in [7, 11) is 1.75. The summed E-state index contributed by atoms with van der Waals surface area (Å²) in [6, 6.07) is 0.323. The van der Waals surface area contributed by atoms with Gasteiger partial charge in [-0.25, -0.2) is 4.98 Å². The molecular weight excluding hydrogens is 294 g/mol. The first-order valence-corrected chi connectivity index (χ1v) is 7.98. The van der Waals surface area contributed by atoms with Gasteiger partial charge in [-0.05, 0) is 26.7 Å². The zero-order valence-corrected chi connectivity index (χ0v) is 13.9. The van der Waals surface area contributed by atoms with E-state index >= 15 is 0 Å². The van der Waals surface area contributed by atoms with Gasteiger partial charge in [-0.1, -0.05) is 5.16 Å². The summed E-state index contributed by atoms with van der Waals surface area (Å²) in [6.07, 6.45) is 5.49. The van der Waals surface area contributed by atoms with Gasteiger partial charge in [0.2, 0.25) is 0 Å². The van der Waals surface area contributed by atoms with Gasteiger partial charge < -0.3 is 19.3 Å². The van der Waals surface area contributed by atoms with E-state index in [1.54, 1.807) is 24.0 Å². The van der Waals surface area contributed by atoms with Crippen LogP contribution < -0.4 is 15.8 Å². The van der Waals surface area contributed by atoms with Gasteiger partial charge in [0, 0.05) is 50.7 Å². The molecule has 2 aromatic heterocycles. The maximum absolute atomic E-state index is 12.2. The Morgan fingerprint density at radius 3 is 3.00 bits per heavy atom. The fraction of sp³-hybridized carbons (Fsp3) is 0.562. The van der Waals surface area contributed by atoms with Crippen LogP contribution in [0.4, 0.5) is 5.82 Å². The molecule has 7 heteroatoms. The summed E-state index contributed by atoms with van der Waals surface area (Å²) in [5, 5.41) is 7.55. The zero-order chi connectivity index (χ0) is 16.4. The molecule has 3 heterocycles. The molecule has 23 heavy (non-hydrogen) atoms. The average Bonchev–Trinajstić information content (AvgIpc) is 2.87. The molecule has 1 aliphatic rings. The quantitative estimate of drug-likeness (QED) is 0.911. The molecule has 0 saturated carbocycles. The molecule has 0 aliphatic carbocycles. The number of aromatic nitrogens is 3. The molecule has 1 atom stereocenters. The topological polar surface area (TPSA) is 76.2 Å². The summed E-state index contributed by atoms with van der Waals surface area (Å²) in [5.41, 5.74) is 2.01. The minimum absolute atomic E-state index is 0.0427. The monoisotopic (exact) mass is 317 g/mol. The van der Waals surface area contributed by atoms with E-state index in [-0.39, 0.29) is 5.56 Å². The number of hydrogen-bond acceptors (Lipinski definition) is 6. The lowest BCUT2D eigenvalue weighted by Crippen LogP contribution is -2.47. The van der Waals surface area contributed by atoms with Crippen LogP contribution in [0, 0.1) is 13.8 Å². The van der Waals surface area contributed by atoms with E-state index < -0.39 is 0 Å². The third kappa shape index (κ3) is 3.29. The Kier molecular flexibility index (Phi) is 4.47. The van der Waals surface area contributed by atoms with Crippen LogP contribution in [-0.4, -0.2) is 33.8 Å². The van der Waals surface area contributed by atoms with Crippen LogP contribution in [0.25, 0.3) is 0 Å². The number of rotatable bonds is 4. The van der Waals surface area contributed by atoms with E-state index in [0.717, 1.165) is 49.5 Å². The van der Waals surface area contributed by atoms with Crippen LogP contribution in [0.3, 0.4) is 0 Å². The van der Waals surface area contributed by atoms with Crippen LogP contribution in [0.5, 0.6) is 0 Å². The molecule has 1 saturated heterocycles. The second-order valence-electron chi connectivity index (χ2n) is 6.14. The largest absolute Gasteiger partial charge is 0.361 e. The first-order valence-electron chi connectivity index (χ1n) is 7.98. The first-order chi connectivity index (χ1) is 11.1. The van der Waals surface area contributed by atoms with Gasteiger partial charge in [-0.3, -0.25) is 4.79 Å². The Balaban J connectivity index is 1.67. The highest BCUT2D eigenvalue weighted by Crippen LogP contribution is 2.16. The third-order valence-electron chi connectivity index (χ3n) is 4.47. The van der Waals surface area contributed by atoms with Crippen molar-refractivity contribution in [3.05, 3.63) is 39.8 Å². The Bertz CT molecular complexity index is 717. The van der Waals surface area contributed by atoms with E-state index in [9.17, 15) is 4.79 Å². The number of nitrogens with one attached hydrogen (secondary N) is 1. The van der Waals surface area contributed by atoms with Gasteiger partial charge >= 0.3 is 0 Å². The number of nitrogens with zero attached hydrogens (tertiary/aromatic N) is 4. The van der Waals surface area contributed by atoms with Gasteiger partial charge in [0.25, 0.3) is 5.56 Å². The molecule has 1 N–H and O–H groups in total. The molecule has 0 spiro atoms. The maximum Gasteiger partial charge on any atom is 0.293 e. The lowest BCUT2D eigenvalue weighted by atomic mass is 10.0. The Hall–Kier alpha value is -2.15. The average molecular weight is 317 g/mol. The van der Waals surface area contributed by atoms with Crippen molar-refractivity contribution < 1.29 is 4.52 Å². The molecule has 1 aliphatic heterocycles. The minimum Gasteiger partial charge on any atom is -0.361 e. The number of aryl methyl sites for hydroxylation is 3. The lowest BCUT2D eigenvalue weighted by Gasteiger charge is -2.33. The van der Waals surface area contributed by atoms with Crippen LogP contribution in [0.2, 0.25) is 0 Å². The summed E-state index contributed by atoms with van der Waals surface area (Å²) >= 11 is 0. The normalized spacial score (nSPS) is 18.4. The number of hydrogen-bond donors (Lipinski definition) is 1. The van der Waals surface area contributed by atoms with Crippen molar-refractivity contribution in [1.29, 1.82) is 0 Å². The van der Waals surface area contributed by atoms with Crippen molar-refractivity contribution in [2.75, 3.05) is 18.0 Å². The highest BCUT2D eigenvalue weighted by molar-refractivity contribution is 5.36. The smallest absolute Gasteiger partial charge is 0.293 e. The van der Waals surface area contributed by atoms with Crippen LogP contribution in [0.1, 0.15) is 29.9 Å². The molecule has 2 aromatic rings. The number of piperidine rings is 1. The van der Waals surface area contributed by atoms with Crippen molar-refractivity contribution in [3.8, 4) is 0 Å². The van der Waals surface area contributed by atoms with Gasteiger partial charge in [-0.2, -0.15) is 0 Å². The van der Waals surface area contributed by atoms with E-state index in [1.165, 1.54) is 0 Å². The molecule has 1 fully saturated rings. The van der Waals surface area contributed by atoms with Gasteiger partial charge in [0.15, 0.2) is 5.82 Å². The first kappa shape index (κ1) is 15.7. The van der Waals surface area contributed by atoms with Crippen molar-refractivity contribution in [3.63, 3.8) is 0 Å². The highest BCUT2D eigenvalue weighted by atomic mass is 16.5. The SMILES string of the molecule is Cc1noc(C)c1CNC1CCCN(c2nccn(C)c2=O)C1. The molecule has 0 amide bonds. The molecule has 7 nitrogen and oxygen atoms in total. The molecule has 124 valence electrons. The van der Waals surface area contributed by atoms with Crippen molar-refractivity contribution >= 4 is 5.82 Å². The summed E-state index contributed by atoms with van der Waals surface area (Å²) in [6.45, 7) is 6.28. The summed E-state index contributed by atoms with van der Waals surface area (Å²) in [5.74, 6) is 1.40. The molecular formula is C16H23N5O2. The standard InChI is InChI=1S/C16H23N5O2/c1-11-14(12(2)23-19-11)9-18-13-5-4-7-21(10-13)15-16(22)20(3)8-6-17-15/h6,8,13,18H,4-5,7,9-10H2,1-3H3. The van der Waals surface area contributed by atoms with E-state index in [4.69, 9.17) is 4.52 Å². The zero-order valence-electron chi connectivity index (χ0n) is 13.9. The second-order valence-corrected chi connectivity index (χ2v) is 6.14. The van der Waals surface area contributed by atoms with Crippen molar-refractivity contribution in [2.24, 2.45) is 7.05 Å². The van der Waals surface area contributed by atoms with Gasteiger partial charge in [-0.15, -0.1) is 0 Å². The fourth-order valence-corrected chi connectivity index (χ4v) is 3.04. The molecule has 0 radical (unpaired) electrons. The van der Waals surface area contributed by atoms with E-state index in [2.05, 4.69) is 20.4 Å². The predicted molar refractivity (Wildman–Crippen MR) is 87.5 cm³/mol. The Labute approximate surface area is 135 Å². The van der Waals surface area contributed by atoms with Crippen LogP contribution in [0.15, 0.2) is 21.7 Å². The maximum atomic E-state index is 12.2. The van der Waals surface area contributed by atoms with Crippen LogP contribution in [-0.2, 0) is 13.6 Å². The van der Waals surface area contributed by atoms with Crippen molar-refractivity contribution in [1.82, 2.24) is 20.0 Å². The van der Waals surface area contributed by atoms with Crippen molar-refractivity contribution in [2.45, 2.75) is 39.3 Å². The summed E-state index contributed by atoms with van der Waals surface area (Å²) in [4.78, 5) is 18.6. The van der Waals surface area contributed by atoms with Gasteiger partial charge in [0.05, 0.1) is 5.69 Å². The Morgan fingerprint density at radius 2 is 2.26 bits per heavy atom. The highest BCUT2D eigenvalue weighted by Gasteiger charge is 2.23. The minimum atomic E-state index is -0.0427. The molecule has 0 aromatic carbocycles. The third-order valence-corrected chi connectivity index (χ3v) is 4.47. The van der Waals surface area contributed by atoms with E-state index in [0.29, 0.717) is 11.9 Å².